The van der Waals surface area contributed by atoms with Gasteiger partial charge in [-0.2, -0.15) is 0 Å². The Morgan fingerprint density at radius 3 is 2.67 bits per heavy atom. The van der Waals surface area contributed by atoms with E-state index >= 15 is 0 Å². The molecule has 3 heteroatoms. The molecule has 2 rings (SSSR count). The van der Waals surface area contributed by atoms with E-state index in [4.69, 9.17) is 4.74 Å². The summed E-state index contributed by atoms with van der Waals surface area (Å²) in [5.74, 6) is 0.603. The quantitative estimate of drug-likeness (QED) is 0.885. The molecular formula is C15H16FNO. The molecule has 0 aliphatic heterocycles. The maximum atomic E-state index is 13.0. The van der Waals surface area contributed by atoms with Crippen molar-refractivity contribution in [2.75, 3.05) is 12.4 Å². The third kappa shape index (κ3) is 2.80. The van der Waals surface area contributed by atoms with Gasteiger partial charge in [-0.05, 0) is 42.3 Å². The average Bonchev–Trinajstić information content (AvgIpc) is 2.38. The van der Waals surface area contributed by atoms with Crippen LogP contribution in [0.3, 0.4) is 0 Å². The number of methoxy groups -OCH3 is 1. The van der Waals surface area contributed by atoms with E-state index in [1.165, 1.54) is 6.07 Å². The Morgan fingerprint density at radius 2 is 1.94 bits per heavy atom. The van der Waals surface area contributed by atoms with Gasteiger partial charge in [-0.3, -0.25) is 0 Å². The van der Waals surface area contributed by atoms with E-state index in [9.17, 15) is 4.39 Å². The number of anilines is 1. The van der Waals surface area contributed by atoms with Crippen molar-refractivity contribution in [1.29, 1.82) is 0 Å². The van der Waals surface area contributed by atoms with Crippen LogP contribution in [0.1, 0.15) is 11.1 Å². The van der Waals surface area contributed by atoms with Crippen LogP contribution >= 0.6 is 0 Å². The Hall–Kier alpha value is -2.03. The fourth-order valence-electron chi connectivity index (χ4n) is 1.84. The molecule has 2 aromatic carbocycles. The zero-order valence-corrected chi connectivity index (χ0v) is 10.5. The molecule has 0 spiro atoms. The summed E-state index contributed by atoms with van der Waals surface area (Å²) in [6.07, 6.45) is 0. The van der Waals surface area contributed by atoms with Crippen molar-refractivity contribution in [1.82, 2.24) is 0 Å². The molecule has 2 aromatic rings. The molecule has 2 nitrogen and oxygen atoms in total. The molecule has 0 saturated heterocycles. The van der Waals surface area contributed by atoms with E-state index in [2.05, 4.69) is 5.32 Å². The van der Waals surface area contributed by atoms with E-state index in [1.807, 2.05) is 31.2 Å². The second kappa shape index (κ2) is 5.54. The zero-order chi connectivity index (χ0) is 13.0. The molecule has 0 fully saturated rings. The lowest BCUT2D eigenvalue weighted by Gasteiger charge is -2.12. The van der Waals surface area contributed by atoms with Crippen molar-refractivity contribution in [2.24, 2.45) is 0 Å². The number of hydrogen-bond acceptors (Lipinski definition) is 2. The van der Waals surface area contributed by atoms with Crippen molar-refractivity contribution in [3.05, 3.63) is 59.4 Å². The van der Waals surface area contributed by atoms with Gasteiger partial charge in [-0.15, -0.1) is 0 Å². The highest BCUT2D eigenvalue weighted by Crippen LogP contribution is 2.24. The van der Waals surface area contributed by atoms with E-state index in [-0.39, 0.29) is 5.82 Å². The minimum absolute atomic E-state index is 0.200. The van der Waals surface area contributed by atoms with Crippen molar-refractivity contribution < 1.29 is 9.13 Å². The van der Waals surface area contributed by atoms with Crippen LogP contribution in [0.5, 0.6) is 5.75 Å². The normalized spacial score (nSPS) is 10.2. The van der Waals surface area contributed by atoms with Gasteiger partial charge in [0, 0.05) is 6.54 Å². The highest BCUT2D eigenvalue weighted by atomic mass is 19.1. The Morgan fingerprint density at radius 1 is 1.17 bits per heavy atom. The minimum atomic E-state index is -0.200. The van der Waals surface area contributed by atoms with Crippen molar-refractivity contribution in [3.8, 4) is 5.75 Å². The van der Waals surface area contributed by atoms with Crippen LogP contribution in [0.4, 0.5) is 10.1 Å². The first kappa shape index (κ1) is 12.4. The van der Waals surface area contributed by atoms with Crippen LogP contribution < -0.4 is 10.1 Å². The highest BCUT2D eigenvalue weighted by Gasteiger charge is 2.03. The third-order valence-electron chi connectivity index (χ3n) is 2.88. The molecule has 0 saturated carbocycles. The Balaban J connectivity index is 2.11. The summed E-state index contributed by atoms with van der Waals surface area (Å²) in [6, 6.07) is 12.5. The minimum Gasteiger partial charge on any atom is -0.495 e. The first-order valence-electron chi connectivity index (χ1n) is 5.82. The molecule has 18 heavy (non-hydrogen) atoms. The van der Waals surface area contributed by atoms with Gasteiger partial charge in [0.2, 0.25) is 0 Å². The zero-order valence-electron chi connectivity index (χ0n) is 10.5. The standard InChI is InChI=1S/C15H16FNO/c1-11-9-13(16)8-7-12(11)10-17-14-5-3-4-6-15(14)18-2/h3-9,17H,10H2,1-2H3. The molecule has 1 N–H and O–H groups in total. The van der Waals surface area contributed by atoms with Gasteiger partial charge in [-0.25, -0.2) is 4.39 Å². The highest BCUT2D eigenvalue weighted by molar-refractivity contribution is 5.56. The largest absolute Gasteiger partial charge is 0.495 e. The number of benzene rings is 2. The molecular weight excluding hydrogens is 229 g/mol. The topological polar surface area (TPSA) is 21.3 Å². The summed E-state index contributed by atoms with van der Waals surface area (Å²) in [5, 5.41) is 3.29. The molecule has 0 aromatic heterocycles. The summed E-state index contributed by atoms with van der Waals surface area (Å²) < 4.78 is 18.2. The van der Waals surface area contributed by atoms with Crippen LogP contribution in [0.15, 0.2) is 42.5 Å². The molecule has 94 valence electrons. The van der Waals surface area contributed by atoms with Crippen LogP contribution in [0.25, 0.3) is 0 Å². The first-order valence-corrected chi connectivity index (χ1v) is 5.82. The van der Waals surface area contributed by atoms with Crippen LogP contribution in [-0.2, 0) is 6.54 Å². The van der Waals surface area contributed by atoms with Gasteiger partial charge in [0.05, 0.1) is 12.8 Å². The maximum absolute atomic E-state index is 13.0. The molecule has 0 aliphatic rings. The fraction of sp³-hybridized carbons (Fsp3) is 0.200. The summed E-state index contributed by atoms with van der Waals surface area (Å²) in [6.45, 7) is 2.55. The Labute approximate surface area is 106 Å². The molecule has 0 aliphatic carbocycles. The van der Waals surface area contributed by atoms with Gasteiger partial charge < -0.3 is 10.1 Å². The van der Waals surface area contributed by atoms with Gasteiger partial charge in [0.15, 0.2) is 0 Å². The monoisotopic (exact) mass is 245 g/mol. The Kier molecular flexibility index (Phi) is 3.82. The molecule has 0 unspecified atom stereocenters. The van der Waals surface area contributed by atoms with Gasteiger partial charge in [0.25, 0.3) is 0 Å². The van der Waals surface area contributed by atoms with Gasteiger partial charge in [-0.1, -0.05) is 18.2 Å². The SMILES string of the molecule is COc1ccccc1NCc1ccc(F)cc1C. The average molecular weight is 245 g/mol. The molecule has 0 radical (unpaired) electrons. The number of ether oxygens (including phenoxy) is 1. The summed E-state index contributed by atoms with van der Waals surface area (Å²) in [7, 11) is 1.64. The number of aryl methyl sites for hydroxylation is 1. The van der Waals surface area contributed by atoms with Crippen molar-refractivity contribution in [2.45, 2.75) is 13.5 Å². The predicted molar refractivity (Wildman–Crippen MR) is 71.5 cm³/mol. The molecule has 0 amide bonds. The van der Waals surface area contributed by atoms with Crippen LogP contribution in [0.2, 0.25) is 0 Å². The number of hydrogen-bond donors (Lipinski definition) is 1. The first-order chi connectivity index (χ1) is 8.70. The number of para-hydroxylation sites is 2. The van der Waals surface area contributed by atoms with E-state index < -0.39 is 0 Å². The molecule has 0 atom stereocenters. The third-order valence-corrected chi connectivity index (χ3v) is 2.88. The lowest BCUT2D eigenvalue weighted by atomic mass is 10.1. The van der Waals surface area contributed by atoms with Crippen molar-refractivity contribution in [3.63, 3.8) is 0 Å². The van der Waals surface area contributed by atoms with Crippen LogP contribution in [-0.4, -0.2) is 7.11 Å². The second-order valence-electron chi connectivity index (χ2n) is 4.12. The fourth-order valence-corrected chi connectivity index (χ4v) is 1.84. The lowest BCUT2D eigenvalue weighted by Crippen LogP contribution is -2.03. The summed E-state index contributed by atoms with van der Waals surface area (Å²) in [5.41, 5.74) is 2.95. The summed E-state index contributed by atoms with van der Waals surface area (Å²) >= 11 is 0. The number of nitrogens with one attached hydrogen (secondary N) is 1. The number of rotatable bonds is 4. The maximum Gasteiger partial charge on any atom is 0.141 e. The lowest BCUT2D eigenvalue weighted by molar-refractivity contribution is 0.416. The van der Waals surface area contributed by atoms with Gasteiger partial charge in [0.1, 0.15) is 11.6 Å². The van der Waals surface area contributed by atoms with Crippen LogP contribution in [0, 0.1) is 12.7 Å². The van der Waals surface area contributed by atoms with E-state index in [0.29, 0.717) is 6.54 Å². The predicted octanol–water partition coefficient (Wildman–Crippen LogP) is 3.75. The second-order valence-corrected chi connectivity index (χ2v) is 4.12. The summed E-state index contributed by atoms with van der Waals surface area (Å²) in [4.78, 5) is 0. The van der Waals surface area contributed by atoms with E-state index in [1.54, 1.807) is 19.2 Å². The molecule has 0 bridgehead atoms. The van der Waals surface area contributed by atoms with E-state index in [0.717, 1.165) is 22.6 Å². The Bertz CT molecular complexity index is 540. The smallest absolute Gasteiger partial charge is 0.141 e. The van der Waals surface area contributed by atoms with Crippen molar-refractivity contribution >= 4 is 5.69 Å². The number of halogens is 1. The van der Waals surface area contributed by atoms with Gasteiger partial charge >= 0.3 is 0 Å². The molecule has 0 heterocycles.